The third kappa shape index (κ3) is 2.07. The van der Waals surface area contributed by atoms with E-state index in [9.17, 15) is 0 Å². The van der Waals surface area contributed by atoms with Gasteiger partial charge in [-0.3, -0.25) is 0 Å². The highest BCUT2D eigenvalue weighted by Crippen LogP contribution is 2.05. The van der Waals surface area contributed by atoms with Gasteiger partial charge in [-0.1, -0.05) is 29.4 Å². The fourth-order valence-electron chi connectivity index (χ4n) is 0.914. The van der Waals surface area contributed by atoms with E-state index in [1.807, 2.05) is 24.3 Å². The lowest BCUT2D eigenvalue weighted by Crippen LogP contribution is -1.91. The van der Waals surface area contributed by atoms with Crippen molar-refractivity contribution in [1.29, 1.82) is 0 Å². The molecule has 0 aliphatic heterocycles. The Kier molecular flexibility index (Phi) is 3.29. The van der Waals surface area contributed by atoms with Gasteiger partial charge in [-0.25, -0.2) is 0 Å². The number of hydrogen-bond donors (Lipinski definition) is 1. The van der Waals surface area contributed by atoms with E-state index in [0.29, 0.717) is 0 Å². The Morgan fingerprint density at radius 3 is 2.92 bits per heavy atom. The van der Waals surface area contributed by atoms with Crippen molar-refractivity contribution in [3.63, 3.8) is 0 Å². The molecule has 0 aliphatic rings. The Labute approximate surface area is 71.3 Å². The molecule has 1 aromatic rings. The van der Waals surface area contributed by atoms with Crippen molar-refractivity contribution in [3.8, 4) is 0 Å². The normalized spacial score (nSPS) is 10.5. The molecule has 0 saturated heterocycles. The minimum Gasteiger partial charge on any atom is -0.399 e. The quantitative estimate of drug-likeness (QED) is 0.539. The molecule has 0 bridgehead atoms. The molecule has 0 spiro atoms. The standard InChI is InChI=1S/C9H11NO2/c1-12-10-6-8-4-2-3-5-9(8)7-11/h2-6,11H,7H2,1H3/b10-6-. The Balaban J connectivity index is 2.89. The van der Waals surface area contributed by atoms with Gasteiger partial charge in [0.15, 0.2) is 0 Å². The Morgan fingerprint density at radius 1 is 1.50 bits per heavy atom. The summed E-state index contributed by atoms with van der Waals surface area (Å²) < 4.78 is 0. The van der Waals surface area contributed by atoms with Crippen molar-refractivity contribution < 1.29 is 9.94 Å². The summed E-state index contributed by atoms with van der Waals surface area (Å²) in [5.41, 5.74) is 1.72. The lowest BCUT2D eigenvalue weighted by Gasteiger charge is -1.99. The number of aliphatic hydroxyl groups excluding tert-OH is 1. The fraction of sp³-hybridized carbons (Fsp3) is 0.222. The molecule has 0 aliphatic carbocycles. The van der Waals surface area contributed by atoms with E-state index in [2.05, 4.69) is 9.99 Å². The Morgan fingerprint density at radius 2 is 2.25 bits per heavy atom. The summed E-state index contributed by atoms with van der Waals surface area (Å²) >= 11 is 0. The van der Waals surface area contributed by atoms with Gasteiger partial charge < -0.3 is 9.94 Å². The summed E-state index contributed by atoms with van der Waals surface area (Å²) in [6.45, 7) is 0.0197. The van der Waals surface area contributed by atoms with E-state index in [1.54, 1.807) is 6.21 Å². The maximum absolute atomic E-state index is 8.92. The smallest absolute Gasteiger partial charge is 0.106 e. The summed E-state index contributed by atoms with van der Waals surface area (Å²) in [5, 5.41) is 12.5. The van der Waals surface area contributed by atoms with Crippen molar-refractivity contribution in [2.45, 2.75) is 6.61 Å². The predicted molar refractivity (Wildman–Crippen MR) is 47.0 cm³/mol. The first-order valence-corrected chi connectivity index (χ1v) is 3.63. The lowest BCUT2D eigenvalue weighted by molar-refractivity contribution is 0.215. The van der Waals surface area contributed by atoms with Gasteiger partial charge in [-0.05, 0) is 5.56 Å². The number of oxime groups is 1. The summed E-state index contributed by atoms with van der Waals surface area (Å²) in [4.78, 5) is 4.53. The number of benzene rings is 1. The van der Waals surface area contributed by atoms with Crippen LogP contribution < -0.4 is 0 Å². The molecular weight excluding hydrogens is 154 g/mol. The molecule has 12 heavy (non-hydrogen) atoms. The van der Waals surface area contributed by atoms with Crippen LogP contribution in [0.25, 0.3) is 0 Å². The summed E-state index contributed by atoms with van der Waals surface area (Å²) in [6.07, 6.45) is 1.57. The second kappa shape index (κ2) is 4.51. The van der Waals surface area contributed by atoms with E-state index in [-0.39, 0.29) is 6.61 Å². The van der Waals surface area contributed by atoms with Crippen molar-refractivity contribution in [1.82, 2.24) is 0 Å². The van der Waals surface area contributed by atoms with Gasteiger partial charge in [0.2, 0.25) is 0 Å². The van der Waals surface area contributed by atoms with Crippen LogP contribution >= 0.6 is 0 Å². The molecule has 64 valence electrons. The first kappa shape index (κ1) is 8.74. The highest BCUT2D eigenvalue weighted by Gasteiger charge is 1.95. The van der Waals surface area contributed by atoms with Crippen LogP contribution in [-0.4, -0.2) is 18.4 Å². The first-order chi connectivity index (χ1) is 5.88. The molecule has 0 heterocycles. The number of rotatable bonds is 3. The van der Waals surface area contributed by atoms with E-state index in [1.165, 1.54) is 7.11 Å². The summed E-state index contributed by atoms with van der Waals surface area (Å²) in [7, 11) is 1.48. The first-order valence-electron chi connectivity index (χ1n) is 3.63. The van der Waals surface area contributed by atoms with E-state index in [4.69, 9.17) is 5.11 Å². The molecule has 0 atom stereocenters. The SMILES string of the molecule is CO/N=C\c1ccccc1CO. The Hall–Kier alpha value is -1.35. The summed E-state index contributed by atoms with van der Waals surface area (Å²) in [5.74, 6) is 0. The second-order valence-electron chi connectivity index (χ2n) is 2.27. The maximum Gasteiger partial charge on any atom is 0.106 e. The van der Waals surface area contributed by atoms with Crippen LogP contribution in [0, 0.1) is 0 Å². The molecule has 1 rings (SSSR count). The van der Waals surface area contributed by atoms with Crippen LogP contribution in [0.5, 0.6) is 0 Å². The maximum atomic E-state index is 8.92. The molecule has 3 heteroatoms. The zero-order valence-electron chi connectivity index (χ0n) is 6.90. The molecule has 0 amide bonds. The average molecular weight is 165 g/mol. The van der Waals surface area contributed by atoms with Gasteiger partial charge in [0.25, 0.3) is 0 Å². The van der Waals surface area contributed by atoms with E-state index < -0.39 is 0 Å². The van der Waals surface area contributed by atoms with Crippen LogP contribution in [0.1, 0.15) is 11.1 Å². The van der Waals surface area contributed by atoms with Gasteiger partial charge in [0.05, 0.1) is 12.8 Å². The van der Waals surface area contributed by atoms with E-state index >= 15 is 0 Å². The van der Waals surface area contributed by atoms with Crippen molar-refractivity contribution in [2.75, 3.05) is 7.11 Å². The van der Waals surface area contributed by atoms with Crippen molar-refractivity contribution in [2.24, 2.45) is 5.16 Å². The van der Waals surface area contributed by atoms with Gasteiger partial charge in [-0.2, -0.15) is 0 Å². The highest BCUT2D eigenvalue weighted by molar-refractivity contribution is 5.81. The summed E-state index contributed by atoms with van der Waals surface area (Å²) in [6, 6.07) is 7.47. The molecule has 0 saturated carbocycles. The minimum atomic E-state index is 0.0197. The second-order valence-corrected chi connectivity index (χ2v) is 2.27. The molecule has 1 N–H and O–H groups in total. The predicted octanol–water partition coefficient (Wildman–Crippen LogP) is 1.16. The minimum absolute atomic E-state index is 0.0197. The molecule has 3 nitrogen and oxygen atoms in total. The molecule has 0 fully saturated rings. The van der Waals surface area contributed by atoms with Gasteiger partial charge >= 0.3 is 0 Å². The van der Waals surface area contributed by atoms with Crippen molar-refractivity contribution >= 4 is 6.21 Å². The molecule has 0 aromatic heterocycles. The van der Waals surface area contributed by atoms with Crippen LogP contribution in [0.2, 0.25) is 0 Å². The largest absolute Gasteiger partial charge is 0.399 e. The zero-order valence-corrected chi connectivity index (χ0v) is 6.90. The van der Waals surface area contributed by atoms with Gasteiger partial charge in [0.1, 0.15) is 7.11 Å². The number of hydrogen-bond acceptors (Lipinski definition) is 3. The fourth-order valence-corrected chi connectivity index (χ4v) is 0.914. The van der Waals surface area contributed by atoms with Crippen LogP contribution in [0.3, 0.4) is 0 Å². The number of nitrogens with zero attached hydrogens (tertiary/aromatic N) is 1. The third-order valence-corrected chi connectivity index (χ3v) is 1.52. The van der Waals surface area contributed by atoms with Crippen molar-refractivity contribution in [3.05, 3.63) is 35.4 Å². The van der Waals surface area contributed by atoms with Crippen LogP contribution in [0.15, 0.2) is 29.4 Å². The van der Waals surface area contributed by atoms with Crippen LogP contribution in [0.4, 0.5) is 0 Å². The highest BCUT2D eigenvalue weighted by atomic mass is 16.6. The average Bonchev–Trinajstić information content (AvgIpc) is 2.15. The topological polar surface area (TPSA) is 41.8 Å². The lowest BCUT2D eigenvalue weighted by atomic mass is 10.1. The number of aliphatic hydroxyl groups is 1. The monoisotopic (exact) mass is 165 g/mol. The van der Waals surface area contributed by atoms with Gasteiger partial charge in [-0.15, -0.1) is 0 Å². The van der Waals surface area contributed by atoms with Crippen LogP contribution in [-0.2, 0) is 11.4 Å². The zero-order chi connectivity index (χ0) is 8.81. The van der Waals surface area contributed by atoms with E-state index in [0.717, 1.165) is 11.1 Å². The molecular formula is C9H11NO2. The molecule has 0 radical (unpaired) electrons. The van der Waals surface area contributed by atoms with Gasteiger partial charge in [0, 0.05) is 5.56 Å². The molecule has 0 unspecified atom stereocenters. The Bertz CT molecular complexity index is 271. The molecule has 1 aromatic carbocycles. The third-order valence-electron chi connectivity index (χ3n) is 1.52.